The van der Waals surface area contributed by atoms with Crippen LogP contribution >= 0.6 is 0 Å². The van der Waals surface area contributed by atoms with Gasteiger partial charge in [0.05, 0.1) is 18.9 Å². The number of rotatable bonds is 4. The Morgan fingerprint density at radius 3 is 2.87 bits per heavy atom. The molecule has 1 amide bonds. The molecule has 23 heavy (non-hydrogen) atoms. The van der Waals surface area contributed by atoms with Crippen LogP contribution in [0.2, 0.25) is 0 Å². The second kappa shape index (κ2) is 6.39. The maximum Gasteiger partial charge on any atom is 0.275 e. The number of aryl methyl sites for hydroxylation is 1. The largest absolute Gasteiger partial charge is 0.496 e. The minimum absolute atomic E-state index is 0.222. The predicted molar refractivity (Wildman–Crippen MR) is 85.4 cm³/mol. The van der Waals surface area contributed by atoms with Gasteiger partial charge >= 0.3 is 0 Å². The summed E-state index contributed by atoms with van der Waals surface area (Å²) in [6.07, 6.45) is 1.54. The van der Waals surface area contributed by atoms with Crippen LogP contribution in [0.5, 0.6) is 17.2 Å². The van der Waals surface area contributed by atoms with Crippen LogP contribution in [-0.2, 0) is 0 Å². The lowest BCUT2D eigenvalue weighted by atomic mass is 10.1. The summed E-state index contributed by atoms with van der Waals surface area (Å²) in [5.74, 6) is 1.55. The Kier molecular flexibility index (Phi) is 4.14. The molecule has 0 fully saturated rings. The fourth-order valence-corrected chi connectivity index (χ4v) is 2.21. The number of ether oxygens (including phenoxy) is 3. The van der Waals surface area contributed by atoms with Gasteiger partial charge in [-0.25, -0.2) is 5.43 Å². The molecule has 0 saturated carbocycles. The van der Waals surface area contributed by atoms with Crippen LogP contribution in [0.25, 0.3) is 0 Å². The number of methoxy groups -OCH3 is 1. The van der Waals surface area contributed by atoms with Crippen molar-refractivity contribution < 1.29 is 19.0 Å². The van der Waals surface area contributed by atoms with Crippen molar-refractivity contribution in [1.29, 1.82) is 0 Å². The van der Waals surface area contributed by atoms with Crippen molar-refractivity contribution in [2.45, 2.75) is 6.92 Å². The van der Waals surface area contributed by atoms with E-state index in [9.17, 15) is 4.79 Å². The maximum atomic E-state index is 12.2. The van der Waals surface area contributed by atoms with Gasteiger partial charge in [0.1, 0.15) is 5.75 Å². The highest BCUT2D eigenvalue weighted by Gasteiger charge is 2.13. The fourth-order valence-electron chi connectivity index (χ4n) is 2.21. The molecule has 0 aliphatic carbocycles. The highest BCUT2D eigenvalue weighted by atomic mass is 16.7. The van der Waals surface area contributed by atoms with Crippen molar-refractivity contribution in [2.24, 2.45) is 5.10 Å². The van der Waals surface area contributed by atoms with E-state index in [-0.39, 0.29) is 12.7 Å². The summed E-state index contributed by atoms with van der Waals surface area (Å²) < 4.78 is 15.7. The first kappa shape index (κ1) is 14.9. The summed E-state index contributed by atoms with van der Waals surface area (Å²) in [4.78, 5) is 12.2. The van der Waals surface area contributed by atoms with Gasteiger partial charge in [-0.3, -0.25) is 4.79 Å². The second-order valence-corrected chi connectivity index (χ2v) is 5.02. The first-order chi connectivity index (χ1) is 11.2. The van der Waals surface area contributed by atoms with Gasteiger partial charge in [0.15, 0.2) is 11.5 Å². The molecular weight excluding hydrogens is 296 g/mol. The Hall–Kier alpha value is -3.02. The van der Waals surface area contributed by atoms with Gasteiger partial charge < -0.3 is 14.2 Å². The van der Waals surface area contributed by atoms with Gasteiger partial charge in [-0.2, -0.15) is 5.10 Å². The van der Waals surface area contributed by atoms with Crippen LogP contribution < -0.4 is 19.6 Å². The van der Waals surface area contributed by atoms with E-state index >= 15 is 0 Å². The standard InChI is InChI=1S/C17H16N2O4/c1-11-3-5-13(15(7-11)21-2)17(20)19-18-9-12-4-6-14-16(8-12)23-10-22-14/h3-9H,10H2,1-2H3,(H,19,20)/b18-9-. The Bertz CT molecular complexity index is 771. The van der Waals surface area contributed by atoms with Gasteiger partial charge in [-0.15, -0.1) is 0 Å². The number of hydrogen-bond donors (Lipinski definition) is 1. The Balaban J connectivity index is 1.69. The lowest BCUT2D eigenvalue weighted by molar-refractivity contribution is 0.0952. The van der Waals surface area contributed by atoms with Crippen LogP contribution in [0.3, 0.4) is 0 Å². The van der Waals surface area contributed by atoms with E-state index in [4.69, 9.17) is 14.2 Å². The first-order valence-electron chi connectivity index (χ1n) is 7.05. The Morgan fingerprint density at radius 1 is 1.22 bits per heavy atom. The summed E-state index contributed by atoms with van der Waals surface area (Å²) in [5, 5.41) is 3.96. The van der Waals surface area contributed by atoms with Crippen LogP contribution in [-0.4, -0.2) is 26.0 Å². The van der Waals surface area contributed by atoms with E-state index in [1.807, 2.05) is 19.1 Å². The van der Waals surface area contributed by atoms with Crippen LogP contribution in [0, 0.1) is 6.92 Å². The summed E-state index contributed by atoms with van der Waals surface area (Å²) in [6.45, 7) is 2.15. The third-order valence-corrected chi connectivity index (χ3v) is 3.38. The van der Waals surface area contributed by atoms with Gasteiger partial charge in [0.2, 0.25) is 6.79 Å². The zero-order valence-electron chi connectivity index (χ0n) is 12.8. The number of nitrogens with zero attached hydrogens (tertiary/aromatic N) is 1. The number of nitrogens with one attached hydrogen (secondary N) is 1. The number of hydrazone groups is 1. The molecule has 0 spiro atoms. The zero-order chi connectivity index (χ0) is 16.2. The molecule has 1 aliphatic heterocycles. The molecule has 1 N–H and O–H groups in total. The molecule has 0 bridgehead atoms. The average Bonchev–Trinajstić information content (AvgIpc) is 3.02. The average molecular weight is 312 g/mol. The third-order valence-electron chi connectivity index (χ3n) is 3.38. The molecule has 2 aromatic rings. The topological polar surface area (TPSA) is 69.2 Å². The van der Waals surface area contributed by atoms with E-state index < -0.39 is 0 Å². The molecule has 0 aromatic heterocycles. The molecule has 1 heterocycles. The van der Waals surface area contributed by atoms with Gasteiger partial charge in [-0.05, 0) is 48.4 Å². The lowest BCUT2D eigenvalue weighted by Crippen LogP contribution is -2.18. The summed E-state index contributed by atoms with van der Waals surface area (Å²) in [6, 6.07) is 10.8. The summed E-state index contributed by atoms with van der Waals surface area (Å²) in [5.41, 5.74) is 4.73. The molecular formula is C17H16N2O4. The molecule has 0 unspecified atom stereocenters. The van der Waals surface area contributed by atoms with E-state index in [1.165, 1.54) is 7.11 Å². The van der Waals surface area contributed by atoms with Gasteiger partial charge in [0.25, 0.3) is 5.91 Å². The second-order valence-electron chi connectivity index (χ2n) is 5.02. The first-order valence-corrected chi connectivity index (χ1v) is 7.05. The highest BCUT2D eigenvalue weighted by Crippen LogP contribution is 2.31. The van der Waals surface area contributed by atoms with Gasteiger partial charge in [0, 0.05) is 0 Å². The van der Waals surface area contributed by atoms with E-state index in [0.29, 0.717) is 22.8 Å². The van der Waals surface area contributed by atoms with Crippen LogP contribution in [0.1, 0.15) is 21.5 Å². The van der Waals surface area contributed by atoms with Gasteiger partial charge in [-0.1, -0.05) is 6.07 Å². The molecule has 2 aromatic carbocycles. The number of amides is 1. The number of hydrogen-bond acceptors (Lipinski definition) is 5. The number of carbonyl (C=O) groups is 1. The van der Waals surface area contributed by atoms with Crippen molar-refractivity contribution in [2.75, 3.05) is 13.9 Å². The van der Waals surface area contributed by atoms with Crippen molar-refractivity contribution >= 4 is 12.1 Å². The minimum atomic E-state index is -0.334. The molecule has 1 aliphatic rings. The molecule has 6 heteroatoms. The number of benzene rings is 2. The normalized spacial score (nSPS) is 12.4. The quantitative estimate of drug-likeness (QED) is 0.695. The summed E-state index contributed by atoms with van der Waals surface area (Å²) in [7, 11) is 1.53. The monoisotopic (exact) mass is 312 g/mol. The zero-order valence-corrected chi connectivity index (χ0v) is 12.8. The summed E-state index contributed by atoms with van der Waals surface area (Å²) >= 11 is 0. The maximum absolute atomic E-state index is 12.2. The highest BCUT2D eigenvalue weighted by molar-refractivity contribution is 5.97. The third kappa shape index (κ3) is 3.26. The van der Waals surface area contributed by atoms with Crippen LogP contribution in [0.4, 0.5) is 0 Å². The number of carbonyl (C=O) groups excluding carboxylic acids is 1. The lowest BCUT2D eigenvalue weighted by Gasteiger charge is -2.07. The predicted octanol–water partition coefficient (Wildman–Crippen LogP) is 2.50. The Labute approximate surface area is 133 Å². The molecule has 118 valence electrons. The Morgan fingerprint density at radius 2 is 2.04 bits per heavy atom. The molecule has 6 nitrogen and oxygen atoms in total. The van der Waals surface area contributed by atoms with Crippen molar-refractivity contribution in [3.05, 3.63) is 53.1 Å². The minimum Gasteiger partial charge on any atom is -0.496 e. The fraction of sp³-hybridized carbons (Fsp3) is 0.176. The molecule has 0 radical (unpaired) electrons. The van der Waals surface area contributed by atoms with E-state index in [0.717, 1.165) is 11.1 Å². The van der Waals surface area contributed by atoms with Crippen LogP contribution in [0.15, 0.2) is 41.5 Å². The molecule has 3 rings (SSSR count). The van der Waals surface area contributed by atoms with Crippen molar-refractivity contribution in [3.8, 4) is 17.2 Å². The van der Waals surface area contributed by atoms with Crippen molar-refractivity contribution in [3.63, 3.8) is 0 Å². The molecule has 0 atom stereocenters. The van der Waals surface area contributed by atoms with E-state index in [2.05, 4.69) is 10.5 Å². The number of fused-ring (bicyclic) bond motifs is 1. The molecule has 0 saturated heterocycles. The van der Waals surface area contributed by atoms with E-state index in [1.54, 1.807) is 30.5 Å². The van der Waals surface area contributed by atoms with Crippen molar-refractivity contribution in [1.82, 2.24) is 5.43 Å². The SMILES string of the molecule is COc1cc(C)ccc1C(=O)N/N=C\c1ccc2c(c1)OCO2. The smallest absolute Gasteiger partial charge is 0.275 e.